The molecule has 1 heterocycles. The molecule has 10 heavy (non-hydrogen) atoms. The van der Waals surface area contributed by atoms with Crippen molar-refractivity contribution in [3.8, 4) is 0 Å². The van der Waals surface area contributed by atoms with E-state index < -0.39 is 18.5 Å². The Morgan fingerprint density at radius 1 is 1.70 bits per heavy atom. The van der Waals surface area contributed by atoms with Crippen molar-refractivity contribution in [1.82, 2.24) is 0 Å². The zero-order valence-corrected chi connectivity index (χ0v) is 5.82. The molecule has 3 N–H and O–H groups in total. The van der Waals surface area contributed by atoms with E-state index in [1.807, 2.05) is 0 Å². The van der Waals surface area contributed by atoms with Gasteiger partial charge in [-0.05, 0) is 6.92 Å². The standard InChI is InChI=1S/C6H12O4/c1-4-2-5(8)6(9,3-7)10-4/h4-5,7-9H,2-3H2,1H3/t4-,5-,6+/m0/s1. The molecule has 3 atom stereocenters. The number of ether oxygens (including phenoxy) is 1. The Bertz CT molecular complexity index is 127. The number of hydrogen-bond donors (Lipinski definition) is 3. The van der Waals surface area contributed by atoms with Gasteiger partial charge in [-0.3, -0.25) is 0 Å². The van der Waals surface area contributed by atoms with E-state index in [0.717, 1.165) is 0 Å². The van der Waals surface area contributed by atoms with Crippen molar-refractivity contribution in [3.63, 3.8) is 0 Å². The highest BCUT2D eigenvalue weighted by Gasteiger charge is 2.44. The lowest BCUT2D eigenvalue weighted by Crippen LogP contribution is -2.42. The maximum Gasteiger partial charge on any atom is 0.216 e. The van der Waals surface area contributed by atoms with Gasteiger partial charge >= 0.3 is 0 Å². The van der Waals surface area contributed by atoms with E-state index in [-0.39, 0.29) is 6.10 Å². The Morgan fingerprint density at radius 2 is 2.30 bits per heavy atom. The molecule has 1 aliphatic rings. The molecule has 0 amide bonds. The molecule has 0 aromatic carbocycles. The monoisotopic (exact) mass is 148 g/mol. The molecule has 1 fully saturated rings. The largest absolute Gasteiger partial charge is 0.391 e. The third kappa shape index (κ3) is 1.15. The zero-order valence-electron chi connectivity index (χ0n) is 5.82. The molecule has 0 radical (unpaired) electrons. The third-order valence-corrected chi connectivity index (χ3v) is 1.71. The van der Waals surface area contributed by atoms with Crippen LogP contribution in [0, 0.1) is 0 Å². The highest BCUT2D eigenvalue weighted by Crippen LogP contribution is 2.27. The van der Waals surface area contributed by atoms with Gasteiger partial charge in [-0.2, -0.15) is 0 Å². The Hall–Kier alpha value is -0.160. The first-order valence-corrected chi connectivity index (χ1v) is 3.27. The molecule has 0 unspecified atom stereocenters. The summed E-state index contributed by atoms with van der Waals surface area (Å²) >= 11 is 0. The molecule has 0 spiro atoms. The first-order chi connectivity index (χ1) is 4.58. The molecular weight excluding hydrogens is 136 g/mol. The molecule has 0 bridgehead atoms. The zero-order chi connectivity index (χ0) is 7.78. The summed E-state index contributed by atoms with van der Waals surface area (Å²) in [5.41, 5.74) is 0. The van der Waals surface area contributed by atoms with Gasteiger partial charge in [-0.1, -0.05) is 0 Å². The highest BCUT2D eigenvalue weighted by atomic mass is 16.7. The topological polar surface area (TPSA) is 69.9 Å². The molecule has 4 nitrogen and oxygen atoms in total. The fourth-order valence-electron chi connectivity index (χ4n) is 1.12. The fourth-order valence-corrected chi connectivity index (χ4v) is 1.12. The normalized spacial score (nSPS) is 48.0. The second-order valence-electron chi connectivity index (χ2n) is 2.68. The Balaban J connectivity index is 2.61. The molecule has 0 aromatic heterocycles. The maximum atomic E-state index is 9.22. The minimum atomic E-state index is -1.72. The van der Waals surface area contributed by atoms with Crippen LogP contribution in [0.4, 0.5) is 0 Å². The van der Waals surface area contributed by atoms with Crippen LogP contribution >= 0.6 is 0 Å². The van der Waals surface area contributed by atoms with Gasteiger partial charge in [-0.25, -0.2) is 0 Å². The molecule has 60 valence electrons. The van der Waals surface area contributed by atoms with E-state index in [9.17, 15) is 5.11 Å². The lowest BCUT2D eigenvalue weighted by Gasteiger charge is -2.22. The molecule has 0 saturated carbocycles. The van der Waals surface area contributed by atoms with E-state index in [4.69, 9.17) is 14.9 Å². The number of hydrogen-bond acceptors (Lipinski definition) is 4. The van der Waals surface area contributed by atoms with Crippen LogP contribution in [-0.2, 0) is 4.74 Å². The van der Waals surface area contributed by atoms with Crippen LogP contribution in [0.1, 0.15) is 13.3 Å². The van der Waals surface area contributed by atoms with Crippen molar-refractivity contribution in [2.24, 2.45) is 0 Å². The molecule has 1 aliphatic heterocycles. The Labute approximate surface area is 59.1 Å². The van der Waals surface area contributed by atoms with Gasteiger partial charge in [0.05, 0.1) is 12.7 Å². The predicted molar refractivity (Wildman–Crippen MR) is 33.2 cm³/mol. The van der Waals surface area contributed by atoms with Gasteiger partial charge in [0, 0.05) is 6.42 Å². The summed E-state index contributed by atoms with van der Waals surface area (Å²) in [4.78, 5) is 0. The van der Waals surface area contributed by atoms with Gasteiger partial charge in [0.25, 0.3) is 0 Å². The average molecular weight is 148 g/mol. The van der Waals surface area contributed by atoms with Crippen molar-refractivity contribution >= 4 is 0 Å². The van der Waals surface area contributed by atoms with Crippen molar-refractivity contribution in [1.29, 1.82) is 0 Å². The summed E-state index contributed by atoms with van der Waals surface area (Å²) in [5, 5.41) is 26.9. The summed E-state index contributed by atoms with van der Waals surface area (Å²) in [6.07, 6.45) is -0.781. The lowest BCUT2D eigenvalue weighted by atomic mass is 10.1. The van der Waals surface area contributed by atoms with Gasteiger partial charge in [0.1, 0.15) is 6.10 Å². The van der Waals surface area contributed by atoms with Gasteiger partial charge < -0.3 is 20.1 Å². The summed E-state index contributed by atoms with van der Waals surface area (Å²) < 4.78 is 4.87. The van der Waals surface area contributed by atoms with Crippen molar-refractivity contribution < 1.29 is 20.1 Å². The summed E-state index contributed by atoms with van der Waals surface area (Å²) in [6.45, 7) is 1.18. The Morgan fingerprint density at radius 3 is 2.50 bits per heavy atom. The average Bonchev–Trinajstić information content (AvgIpc) is 2.09. The first-order valence-electron chi connectivity index (χ1n) is 3.27. The fraction of sp³-hybridized carbons (Fsp3) is 1.00. The van der Waals surface area contributed by atoms with E-state index in [1.54, 1.807) is 6.92 Å². The minimum Gasteiger partial charge on any atom is -0.391 e. The molecular formula is C6H12O4. The van der Waals surface area contributed by atoms with Crippen LogP contribution in [0.3, 0.4) is 0 Å². The number of aliphatic hydroxyl groups excluding tert-OH is 2. The highest BCUT2D eigenvalue weighted by molar-refractivity contribution is 4.85. The first kappa shape index (κ1) is 7.94. The molecule has 1 saturated heterocycles. The van der Waals surface area contributed by atoms with E-state index >= 15 is 0 Å². The van der Waals surface area contributed by atoms with E-state index in [2.05, 4.69) is 0 Å². The van der Waals surface area contributed by atoms with Crippen LogP contribution in [0.5, 0.6) is 0 Å². The van der Waals surface area contributed by atoms with Crippen LogP contribution in [0.15, 0.2) is 0 Å². The van der Waals surface area contributed by atoms with Gasteiger partial charge in [0.2, 0.25) is 5.79 Å². The van der Waals surface area contributed by atoms with Crippen molar-refractivity contribution in [2.75, 3.05) is 6.61 Å². The molecule has 1 rings (SSSR count). The van der Waals surface area contributed by atoms with Crippen molar-refractivity contribution in [2.45, 2.75) is 31.3 Å². The Kier molecular flexibility index (Phi) is 1.96. The predicted octanol–water partition coefficient (Wildman–Crippen LogP) is -1.16. The van der Waals surface area contributed by atoms with E-state index in [0.29, 0.717) is 6.42 Å². The quantitative estimate of drug-likeness (QED) is 0.438. The number of aliphatic hydroxyl groups is 3. The molecule has 0 aliphatic carbocycles. The lowest BCUT2D eigenvalue weighted by molar-refractivity contribution is -0.243. The second-order valence-corrected chi connectivity index (χ2v) is 2.68. The summed E-state index contributed by atoms with van der Waals surface area (Å²) in [7, 11) is 0. The maximum absolute atomic E-state index is 9.22. The van der Waals surface area contributed by atoms with Gasteiger partial charge in [0.15, 0.2) is 0 Å². The second kappa shape index (κ2) is 2.47. The summed E-state index contributed by atoms with van der Waals surface area (Å²) in [6, 6.07) is 0. The summed E-state index contributed by atoms with van der Waals surface area (Å²) in [5.74, 6) is -1.72. The number of rotatable bonds is 1. The third-order valence-electron chi connectivity index (χ3n) is 1.71. The molecule has 4 heteroatoms. The van der Waals surface area contributed by atoms with Gasteiger partial charge in [-0.15, -0.1) is 0 Å². The van der Waals surface area contributed by atoms with Crippen LogP contribution < -0.4 is 0 Å². The van der Waals surface area contributed by atoms with Crippen molar-refractivity contribution in [3.05, 3.63) is 0 Å². The molecule has 0 aromatic rings. The van der Waals surface area contributed by atoms with Crippen LogP contribution in [-0.4, -0.2) is 39.9 Å². The minimum absolute atomic E-state index is 0.188. The van der Waals surface area contributed by atoms with E-state index in [1.165, 1.54) is 0 Å². The van der Waals surface area contributed by atoms with Crippen LogP contribution in [0.25, 0.3) is 0 Å². The smallest absolute Gasteiger partial charge is 0.216 e. The van der Waals surface area contributed by atoms with Crippen LogP contribution in [0.2, 0.25) is 0 Å². The SMILES string of the molecule is C[C@H]1C[C@H](O)[C@@](O)(CO)O1.